The Hall–Kier alpha value is -1.56. The van der Waals surface area contributed by atoms with Crippen LogP contribution in [0, 0.1) is 0 Å². The third-order valence-corrected chi connectivity index (χ3v) is 4.18. The van der Waals surface area contributed by atoms with Gasteiger partial charge in [-0.1, -0.05) is 18.2 Å². The average Bonchev–Trinajstić information content (AvgIpc) is 2.47. The molecular weight excluding hydrogens is 295 g/mol. The SMILES string of the molecule is O=C(O)CCNC1CCC(c2cccc(C(F)(F)F)c2)CC1. The normalized spacial score (nSPS) is 22.5. The minimum absolute atomic E-state index is 0.0908. The van der Waals surface area contributed by atoms with Crippen LogP contribution >= 0.6 is 0 Å². The lowest BCUT2D eigenvalue weighted by atomic mass is 9.81. The molecule has 0 saturated heterocycles. The molecule has 2 N–H and O–H groups in total. The summed E-state index contributed by atoms with van der Waals surface area (Å²) >= 11 is 0. The highest BCUT2D eigenvalue weighted by Crippen LogP contribution is 2.36. The molecule has 0 heterocycles. The maximum absolute atomic E-state index is 12.7. The summed E-state index contributed by atoms with van der Waals surface area (Å²) in [4.78, 5) is 10.5. The molecule has 0 radical (unpaired) electrons. The Morgan fingerprint density at radius 3 is 2.50 bits per heavy atom. The van der Waals surface area contributed by atoms with E-state index >= 15 is 0 Å². The standard InChI is InChI=1S/C16H20F3NO2/c17-16(18,19)13-3-1-2-12(10-13)11-4-6-14(7-5-11)20-9-8-15(21)22/h1-3,10-11,14,20H,4-9H2,(H,21,22). The van der Waals surface area contributed by atoms with Crippen LogP contribution < -0.4 is 5.32 Å². The number of hydrogen-bond acceptors (Lipinski definition) is 2. The number of nitrogens with one attached hydrogen (secondary N) is 1. The van der Waals surface area contributed by atoms with Crippen molar-refractivity contribution in [2.24, 2.45) is 0 Å². The van der Waals surface area contributed by atoms with Crippen LogP contribution in [0.25, 0.3) is 0 Å². The first-order valence-corrected chi connectivity index (χ1v) is 7.48. The van der Waals surface area contributed by atoms with Crippen LogP contribution in [0.5, 0.6) is 0 Å². The quantitative estimate of drug-likeness (QED) is 0.869. The van der Waals surface area contributed by atoms with E-state index in [2.05, 4.69) is 5.32 Å². The summed E-state index contributed by atoms with van der Waals surface area (Å²) in [6.45, 7) is 0.439. The molecule has 22 heavy (non-hydrogen) atoms. The molecule has 0 bridgehead atoms. The lowest BCUT2D eigenvalue weighted by Crippen LogP contribution is -2.34. The van der Waals surface area contributed by atoms with Crippen molar-refractivity contribution in [2.45, 2.75) is 50.2 Å². The van der Waals surface area contributed by atoms with E-state index in [1.807, 2.05) is 0 Å². The van der Waals surface area contributed by atoms with Crippen LogP contribution in [0.15, 0.2) is 24.3 Å². The fraction of sp³-hybridized carbons (Fsp3) is 0.562. The van der Waals surface area contributed by atoms with Gasteiger partial charge in [0.15, 0.2) is 0 Å². The maximum Gasteiger partial charge on any atom is 0.416 e. The fourth-order valence-corrected chi connectivity index (χ4v) is 2.98. The van der Waals surface area contributed by atoms with Crippen molar-refractivity contribution in [3.63, 3.8) is 0 Å². The predicted molar refractivity (Wildman–Crippen MR) is 76.7 cm³/mol. The van der Waals surface area contributed by atoms with Gasteiger partial charge in [-0.3, -0.25) is 4.79 Å². The first-order chi connectivity index (χ1) is 10.4. The Balaban J connectivity index is 1.88. The second kappa shape index (κ2) is 7.13. The van der Waals surface area contributed by atoms with E-state index in [0.29, 0.717) is 6.54 Å². The van der Waals surface area contributed by atoms with Gasteiger partial charge >= 0.3 is 12.1 Å². The number of alkyl halides is 3. The molecule has 0 aromatic heterocycles. The molecule has 1 aliphatic carbocycles. The molecule has 0 amide bonds. The van der Waals surface area contributed by atoms with Crippen LogP contribution in [-0.4, -0.2) is 23.7 Å². The molecule has 1 aromatic carbocycles. The number of carboxylic acids is 1. The average molecular weight is 315 g/mol. The topological polar surface area (TPSA) is 49.3 Å². The van der Waals surface area contributed by atoms with E-state index < -0.39 is 17.7 Å². The van der Waals surface area contributed by atoms with Crippen LogP contribution in [-0.2, 0) is 11.0 Å². The van der Waals surface area contributed by atoms with E-state index in [0.717, 1.165) is 37.3 Å². The molecule has 0 atom stereocenters. The second-order valence-corrected chi connectivity index (χ2v) is 5.77. The predicted octanol–water partition coefficient (Wildman–Crippen LogP) is 3.80. The number of benzene rings is 1. The van der Waals surface area contributed by atoms with Crippen molar-refractivity contribution in [3.8, 4) is 0 Å². The van der Waals surface area contributed by atoms with E-state index in [1.165, 1.54) is 12.1 Å². The third-order valence-electron chi connectivity index (χ3n) is 4.18. The number of halogens is 3. The molecule has 6 heteroatoms. The smallest absolute Gasteiger partial charge is 0.416 e. The van der Waals surface area contributed by atoms with Gasteiger partial charge in [0.25, 0.3) is 0 Å². The maximum atomic E-state index is 12.7. The molecule has 0 unspecified atom stereocenters. The summed E-state index contributed by atoms with van der Waals surface area (Å²) in [5, 5.41) is 11.8. The molecular formula is C16H20F3NO2. The van der Waals surface area contributed by atoms with Gasteiger partial charge in [0, 0.05) is 12.6 Å². The Kier molecular flexibility index (Phi) is 5.45. The van der Waals surface area contributed by atoms with Gasteiger partial charge in [-0.25, -0.2) is 0 Å². The van der Waals surface area contributed by atoms with Gasteiger partial charge in [-0.05, 0) is 43.2 Å². The fourth-order valence-electron chi connectivity index (χ4n) is 2.98. The van der Waals surface area contributed by atoms with E-state index in [4.69, 9.17) is 5.11 Å². The largest absolute Gasteiger partial charge is 0.481 e. The van der Waals surface area contributed by atoms with Gasteiger partial charge in [-0.15, -0.1) is 0 Å². The van der Waals surface area contributed by atoms with Gasteiger partial charge in [0.1, 0.15) is 0 Å². The van der Waals surface area contributed by atoms with Crippen LogP contribution in [0.4, 0.5) is 13.2 Å². The lowest BCUT2D eigenvalue weighted by Gasteiger charge is -2.29. The molecule has 122 valence electrons. The summed E-state index contributed by atoms with van der Waals surface area (Å²) < 4.78 is 38.2. The van der Waals surface area contributed by atoms with Crippen molar-refractivity contribution >= 4 is 5.97 Å². The van der Waals surface area contributed by atoms with Gasteiger partial charge < -0.3 is 10.4 Å². The van der Waals surface area contributed by atoms with Crippen LogP contribution in [0.1, 0.15) is 49.1 Å². The van der Waals surface area contributed by atoms with Crippen LogP contribution in [0.2, 0.25) is 0 Å². The molecule has 0 spiro atoms. The summed E-state index contributed by atoms with van der Waals surface area (Å²) in [7, 11) is 0. The van der Waals surface area contributed by atoms with Crippen molar-refractivity contribution in [3.05, 3.63) is 35.4 Å². The minimum Gasteiger partial charge on any atom is -0.481 e. The zero-order valence-corrected chi connectivity index (χ0v) is 12.2. The molecule has 2 rings (SSSR count). The molecule has 1 aromatic rings. The molecule has 1 fully saturated rings. The van der Waals surface area contributed by atoms with Crippen molar-refractivity contribution in [2.75, 3.05) is 6.54 Å². The van der Waals surface area contributed by atoms with Crippen LogP contribution in [0.3, 0.4) is 0 Å². The highest BCUT2D eigenvalue weighted by Gasteiger charge is 2.31. The summed E-state index contributed by atoms with van der Waals surface area (Å²) in [6, 6.07) is 5.85. The van der Waals surface area contributed by atoms with Crippen molar-refractivity contribution in [1.82, 2.24) is 5.32 Å². The second-order valence-electron chi connectivity index (χ2n) is 5.77. The highest BCUT2D eigenvalue weighted by molar-refractivity contribution is 5.66. The van der Waals surface area contributed by atoms with Crippen molar-refractivity contribution in [1.29, 1.82) is 0 Å². The Morgan fingerprint density at radius 2 is 1.91 bits per heavy atom. The monoisotopic (exact) mass is 315 g/mol. The first kappa shape index (κ1) is 16.8. The number of rotatable bonds is 5. The highest BCUT2D eigenvalue weighted by atomic mass is 19.4. The van der Waals surface area contributed by atoms with Gasteiger partial charge in [-0.2, -0.15) is 13.2 Å². The molecule has 3 nitrogen and oxygen atoms in total. The van der Waals surface area contributed by atoms with Gasteiger partial charge in [0.05, 0.1) is 12.0 Å². The van der Waals surface area contributed by atoms with Crippen molar-refractivity contribution < 1.29 is 23.1 Å². The number of carbonyl (C=O) groups is 1. The summed E-state index contributed by atoms with van der Waals surface area (Å²) in [6.07, 6.45) is -0.835. The third kappa shape index (κ3) is 4.73. The molecule has 0 aliphatic heterocycles. The first-order valence-electron chi connectivity index (χ1n) is 7.48. The molecule has 1 saturated carbocycles. The van der Waals surface area contributed by atoms with E-state index in [9.17, 15) is 18.0 Å². The van der Waals surface area contributed by atoms with Gasteiger partial charge in [0.2, 0.25) is 0 Å². The summed E-state index contributed by atoms with van der Waals surface area (Å²) in [5.41, 5.74) is 0.158. The summed E-state index contributed by atoms with van der Waals surface area (Å²) in [5.74, 6) is -0.676. The Bertz CT molecular complexity index is 508. The number of hydrogen-bond donors (Lipinski definition) is 2. The number of carboxylic acid groups (broad SMARTS) is 1. The van der Waals surface area contributed by atoms with E-state index in [1.54, 1.807) is 6.07 Å². The zero-order chi connectivity index (χ0) is 16.2. The zero-order valence-electron chi connectivity index (χ0n) is 12.2. The Labute approximate surface area is 127 Å². The lowest BCUT2D eigenvalue weighted by molar-refractivity contribution is -0.138. The van der Waals surface area contributed by atoms with E-state index in [-0.39, 0.29) is 18.4 Å². The minimum atomic E-state index is -4.30. The Morgan fingerprint density at radius 1 is 1.23 bits per heavy atom. The number of aliphatic carboxylic acids is 1. The molecule has 1 aliphatic rings.